The molecule has 0 aromatic heterocycles. The molecule has 1 amide bonds. The number of aliphatic hydroxyl groups is 4. The molecule has 1 saturated carbocycles. The number of aliphatic hydroxyl groups excluding tert-OH is 3. The van der Waals surface area contributed by atoms with Gasteiger partial charge in [0.15, 0.2) is 11.4 Å². The summed E-state index contributed by atoms with van der Waals surface area (Å²) < 4.78 is 4.53. The minimum Gasteiger partial charge on any atom is -0.508 e. The monoisotopic (exact) mass is 528 g/mol. The van der Waals surface area contributed by atoms with Crippen molar-refractivity contribution in [3.63, 3.8) is 0 Å². The summed E-state index contributed by atoms with van der Waals surface area (Å²) in [6.45, 7) is 1.63. The number of carbonyl (C=O) groups is 4. The Morgan fingerprint density at radius 1 is 1.16 bits per heavy atom. The number of rotatable bonds is 4. The number of likely N-dealkylation sites (N-methyl/N-ethyl adjacent to an activating group) is 1. The minimum absolute atomic E-state index is 0.0991. The first-order valence-corrected chi connectivity index (χ1v) is 11.7. The molecule has 6 atom stereocenters. The Labute approximate surface area is 216 Å². The Morgan fingerprint density at radius 3 is 2.34 bits per heavy atom. The van der Waals surface area contributed by atoms with Gasteiger partial charge >= 0.3 is 5.97 Å². The highest BCUT2D eigenvalue weighted by Gasteiger charge is 2.68. The average molecular weight is 529 g/mol. The number of hydrogen-bond acceptors (Lipinski definition) is 11. The number of phenols is 1. The van der Waals surface area contributed by atoms with Gasteiger partial charge in [-0.05, 0) is 31.7 Å². The summed E-state index contributed by atoms with van der Waals surface area (Å²) in [5.74, 6) is -10.4. The Kier molecular flexibility index (Phi) is 6.46. The van der Waals surface area contributed by atoms with Crippen LogP contribution in [0.1, 0.15) is 29.5 Å². The number of phenolic OH excluding ortho intramolecular Hbond substituents is 1. The zero-order chi connectivity index (χ0) is 28.4. The molecular formula is C26H28N2O10. The number of Topliss-reactive ketones (excluding diaryl/α,β-unsaturated/α-hetero) is 2. The quantitative estimate of drug-likeness (QED) is 0.170. The smallest absolute Gasteiger partial charge is 0.330 e. The van der Waals surface area contributed by atoms with Crippen LogP contribution in [0.5, 0.6) is 5.75 Å². The van der Waals surface area contributed by atoms with E-state index >= 15 is 0 Å². The van der Waals surface area contributed by atoms with Crippen molar-refractivity contribution in [1.82, 2.24) is 4.90 Å². The predicted octanol–water partition coefficient (Wildman–Crippen LogP) is -0.318. The minimum atomic E-state index is -2.98. The highest BCUT2D eigenvalue weighted by Crippen LogP contribution is 2.56. The summed E-state index contributed by atoms with van der Waals surface area (Å²) in [6.07, 6.45) is 0.601. The molecule has 0 bridgehead atoms. The lowest BCUT2D eigenvalue weighted by atomic mass is 9.54. The first kappa shape index (κ1) is 27.0. The Morgan fingerprint density at radius 2 is 1.79 bits per heavy atom. The lowest BCUT2D eigenvalue weighted by Gasteiger charge is -2.53. The molecule has 0 heterocycles. The second kappa shape index (κ2) is 9.08. The maximum Gasteiger partial charge on any atom is 0.330 e. The molecule has 1 aromatic carbocycles. The molecule has 0 aliphatic heterocycles. The first-order chi connectivity index (χ1) is 17.7. The summed E-state index contributed by atoms with van der Waals surface area (Å²) in [5.41, 5.74) is 1.11. The molecule has 0 unspecified atom stereocenters. The fraction of sp³-hybridized carbons (Fsp3) is 0.385. The van der Waals surface area contributed by atoms with Gasteiger partial charge in [0.1, 0.15) is 22.8 Å². The number of benzene rings is 1. The number of fused-ring (bicyclic) bond motifs is 3. The van der Waals surface area contributed by atoms with E-state index in [0.717, 1.165) is 6.08 Å². The Bertz CT molecular complexity index is 1370. The first-order valence-electron chi connectivity index (χ1n) is 11.7. The van der Waals surface area contributed by atoms with E-state index < -0.39 is 87.4 Å². The number of aromatic hydroxyl groups is 1. The van der Waals surface area contributed by atoms with E-state index in [1.54, 1.807) is 13.0 Å². The van der Waals surface area contributed by atoms with Crippen LogP contribution >= 0.6 is 0 Å². The SMILES string of the molecule is COC(=O)/C=C/c1ccc2c(c1O)C(O)=C1C(=O)[C@@]3(O)C(O)=C(C(N)=O)C(=O)[C@H](N(C)C)[C@H]3[C@H](O)[C@H]1[C@@H]2C. The third-order valence-corrected chi connectivity index (χ3v) is 7.76. The van der Waals surface area contributed by atoms with E-state index in [4.69, 9.17) is 5.73 Å². The number of hydrogen-bond donors (Lipinski definition) is 6. The maximum atomic E-state index is 13.9. The van der Waals surface area contributed by atoms with Gasteiger partial charge < -0.3 is 36.0 Å². The molecular weight excluding hydrogens is 500 g/mol. The second-order valence-electron chi connectivity index (χ2n) is 9.87. The maximum absolute atomic E-state index is 13.9. The average Bonchev–Trinajstić information content (AvgIpc) is 2.84. The number of nitrogens with zero attached hydrogens (tertiary/aromatic N) is 1. The van der Waals surface area contributed by atoms with Crippen molar-refractivity contribution in [2.24, 2.45) is 17.6 Å². The molecule has 0 radical (unpaired) electrons. The fourth-order valence-electron chi connectivity index (χ4n) is 5.99. The van der Waals surface area contributed by atoms with Crippen LogP contribution in [0.3, 0.4) is 0 Å². The standard InChI is InChI=1S/C26H28N2O10/c1-9-11-7-5-10(6-8-12(29)38-4)19(30)14(11)20(31)15-13(9)21(32)17-18(28(2)3)22(33)16(25(27)36)24(35)26(17,37)23(15)34/h5-9,13,17-18,21,30-32,35,37H,1-4H3,(H2,27,36)/b8-6+/t9-,13+,17+,18-,21-,26-/m1/s1. The number of methoxy groups -OCH3 is 1. The zero-order valence-corrected chi connectivity index (χ0v) is 21.0. The van der Waals surface area contributed by atoms with Crippen LogP contribution in [-0.2, 0) is 23.9 Å². The van der Waals surface area contributed by atoms with Crippen LogP contribution in [0, 0.1) is 11.8 Å². The van der Waals surface area contributed by atoms with Gasteiger partial charge in [0.25, 0.3) is 5.91 Å². The molecule has 3 aliphatic rings. The fourth-order valence-corrected chi connectivity index (χ4v) is 5.99. The van der Waals surface area contributed by atoms with Crippen LogP contribution in [0.2, 0.25) is 0 Å². The lowest BCUT2D eigenvalue weighted by Crippen LogP contribution is -2.70. The third-order valence-electron chi connectivity index (χ3n) is 7.76. The van der Waals surface area contributed by atoms with Crippen LogP contribution in [-0.4, -0.2) is 92.8 Å². The molecule has 202 valence electrons. The summed E-state index contributed by atoms with van der Waals surface area (Å²) in [7, 11) is 4.04. The topological polar surface area (TPSA) is 208 Å². The van der Waals surface area contributed by atoms with Crippen LogP contribution < -0.4 is 5.73 Å². The van der Waals surface area contributed by atoms with E-state index in [1.807, 2.05) is 0 Å². The third kappa shape index (κ3) is 3.48. The number of nitrogens with two attached hydrogens (primary N) is 1. The number of esters is 1. The van der Waals surface area contributed by atoms with E-state index in [0.29, 0.717) is 5.56 Å². The molecule has 1 aromatic rings. The van der Waals surface area contributed by atoms with Gasteiger partial charge in [-0.25, -0.2) is 4.79 Å². The largest absolute Gasteiger partial charge is 0.508 e. The molecule has 38 heavy (non-hydrogen) atoms. The van der Waals surface area contributed by atoms with Crippen LogP contribution in [0.4, 0.5) is 0 Å². The summed E-state index contributed by atoms with van der Waals surface area (Å²) in [5, 5.41) is 56.4. The van der Waals surface area contributed by atoms with Crippen molar-refractivity contribution in [2.75, 3.05) is 21.2 Å². The molecule has 1 fully saturated rings. The molecule has 0 spiro atoms. The number of primary amides is 1. The summed E-state index contributed by atoms with van der Waals surface area (Å²) >= 11 is 0. The van der Waals surface area contributed by atoms with Crippen molar-refractivity contribution >= 4 is 35.3 Å². The highest BCUT2D eigenvalue weighted by atomic mass is 16.5. The highest BCUT2D eigenvalue weighted by molar-refractivity contribution is 6.24. The predicted molar refractivity (Wildman–Crippen MR) is 131 cm³/mol. The Balaban J connectivity index is 2.00. The molecule has 3 aliphatic carbocycles. The second-order valence-corrected chi connectivity index (χ2v) is 9.87. The number of carbonyl (C=O) groups excluding carboxylic acids is 4. The molecule has 0 saturated heterocycles. The van der Waals surface area contributed by atoms with Gasteiger partial charge in [-0.3, -0.25) is 19.3 Å². The van der Waals surface area contributed by atoms with Gasteiger partial charge in [-0.2, -0.15) is 0 Å². The number of ketones is 2. The molecule has 12 nitrogen and oxygen atoms in total. The van der Waals surface area contributed by atoms with E-state index in [1.165, 1.54) is 38.2 Å². The number of ether oxygens (including phenoxy) is 1. The Hall–Kier alpha value is -4.00. The van der Waals surface area contributed by atoms with Gasteiger partial charge in [0.05, 0.1) is 30.7 Å². The molecule has 4 rings (SSSR count). The van der Waals surface area contributed by atoms with E-state index in [9.17, 15) is 44.7 Å². The normalized spacial score (nSPS) is 30.9. The summed E-state index contributed by atoms with van der Waals surface area (Å²) in [6, 6.07) is 1.59. The molecule has 7 N–H and O–H groups in total. The summed E-state index contributed by atoms with van der Waals surface area (Å²) in [4.78, 5) is 51.9. The zero-order valence-electron chi connectivity index (χ0n) is 21.0. The van der Waals surface area contributed by atoms with E-state index in [-0.39, 0.29) is 11.1 Å². The van der Waals surface area contributed by atoms with Crippen molar-refractivity contribution in [3.05, 3.63) is 51.8 Å². The lowest BCUT2D eigenvalue weighted by molar-refractivity contribution is -0.169. The molecule has 12 heteroatoms. The van der Waals surface area contributed by atoms with Crippen molar-refractivity contribution in [2.45, 2.75) is 30.6 Å². The van der Waals surface area contributed by atoms with E-state index in [2.05, 4.69) is 4.74 Å². The van der Waals surface area contributed by atoms with Gasteiger partial charge in [0, 0.05) is 23.1 Å². The van der Waals surface area contributed by atoms with Crippen molar-refractivity contribution in [1.29, 1.82) is 0 Å². The van der Waals surface area contributed by atoms with Crippen molar-refractivity contribution < 1.29 is 49.4 Å². The van der Waals surface area contributed by atoms with Gasteiger partial charge in [-0.1, -0.05) is 19.1 Å². The van der Waals surface area contributed by atoms with Gasteiger partial charge in [-0.15, -0.1) is 0 Å². The van der Waals surface area contributed by atoms with Crippen molar-refractivity contribution in [3.8, 4) is 5.75 Å². The van der Waals surface area contributed by atoms with Crippen LogP contribution in [0.25, 0.3) is 11.8 Å². The number of amides is 1. The van der Waals surface area contributed by atoms with Gasteiger partial charge in [0.2, 0.25) is 5.78 Å². The van der Waals surface area contributed by atoms with Crippen LogP contribution in [0.15, 0.2) is 35.1 Å².